The minimum atomic E-state index is -3.73. The van der Waals surface area contributed by atoms with E-state index in [1.165, 1.54) is 18.2 Å². The lowest BCUT2D eigenvalue weighted by Gasteiger charge is -2.21. The number of rotatable bonds is 2. The van der Waals surface area contributed by atoms with Crippen molar-refractivity contribution >= 4 is 38.8 Å². The second-order valence-electron chi connectivity index (χ2n) is 4.32. The van der Waals surface area contributed by atoms with E-state index in [9.17, 15) is 13.2 Å². The van der Waals surface area contributed by atoms with E-state index in [4.69, 9.17) is 23.2 Å². The summed E-state index contributed by atoms with van der Waals surface area (Å²) < 4.78 is 24.8. The fourth-order valence-corrected chi connectivity index (χ4v) is 4.68. The van der Waals surface area contributed by atoms with E-state index in [-0.39, 0.29) is 15.7 Å². The molecule has 1 atom stereocenters. The zero-order valence-corrected chi connectivity index (χ0v) is 11.9. The van der Waals surface area contributed by atoms with Crippen LogP contribution in [0.3, 0.4) is 0 Å². The van der Waals surface area contributed by atoms with Crippen molar-refractivity contribution in [3.8, 4) is 0 Å². The van der Waals surface area contributed by atoms with Crippen LogP contribution in [0.4, 0.5) is 0 Å². The Balaban J connectivity index is 2.47. The maximum absolute atomic E-state index is 12.4. The molecule has 1 aliphatic rings. The van der Waals surface area contributed by atoms with Gasteiger partial charge in [0.2, 0.25) is 0 Å². The molecule has 0 spiro atoms. The lowest BCUT2D eigenvalue weighted by atomic mass is 9.99. The first-order valence-corrected chi connectivity index (χ1v) is 7.95. The molecule has 0 heterocycles. The van der Waals surface area contributed by atoms with Gasteiger partial charge in [-0.3, -0.25) is 4.79 Å². The highest BCUT2D eigenvalue weighted by atomic mass is 35.5. The molecule has 1 aliphatic carbocycles. The molecule has 1 saturated carbocycles. The van der Waals surface area contributed by atoms with Gasteiger partial charge in [-0.15, -0.1) is 0 Å². The van der Waals surface area contributed by atoms with Crippen LogP contribution in [0.1, 0.15) is 25.7 Å². The molecule has 1 aromatic carbocycles. The molecule has 0 amide bonds. The van der Waals surface area contributed by atoms with Crippen molar-refractivity contribution in [3.05, 3.63) is 28.2 Å². The zero-order valence-electron chi connectivity index (χ0n) is 9.53. The van der Waals surface area contributed by atoms with Gasteiger partial charge < -0.3 is 0 Å². The van der Waals surface area contributed by atoms with Crippen molar-refractivity contribution in [1.29, 1.82) is 0 Å². The van der Waals surface area contributed by atoms with Gasteiger partial charge in [0.05, 0.1) is 9.92 Å². The summed E-state index contributed by atoms with van der Waals surface area (Å²) in [4.78, 5) is 11.7. The molecule has 2 rings (SSSR count). The maximum Gasteiger partial charge on any atom is 0.189 e. The summed E-state index contributed by atoms with van der Waals surface area (Å²) in [5, 5.41) is -0.568. The van der Waals surface area contributed by atoms with Crippen LogP contribution in [0.5, 0.6) is 0 Å². The van der Waals surface area contributed by atoms with Gasteiger partial charge in [0.15, 0.2) is 15.6 Å². The number of halogens is 2. The maximum atomic E-state index is 12.4. The number of ketones is 1. The summed E-state index contributed by atoms with van der Waals surface area (Å²) >= 11 is 11.7. The van der Waals surface area contributed by atoms with Crippen molar-refractivity contribution < 1.29 is 13.2 Å². The van der Waals surface area contributed by atoms with Crippen LogP contribution in [-0.2, 0) is 14.6 Å². The summed E-state index contributed by atoms with van der Waals surface area (Å²) in [7, 11) is -3.73. The Morgan fingerprint density at radius 2 is 1.89 bits per heavy atom. The Morgan fingerprint density at radius 3 is 2.56 bits per heavy atom. The molecule has 0 aromatic heterocycles. The molecule has 0 N–H and O–H groups in total. The third-order valence-corrected chi connectivity index (χ3v) is 5.95. The number of hydrogen-bond acceptors (Lipinski definition) is 3. The summed E-state index contributed by atoms with van der Waals surface area (Å²) in [6.45, 7) is 0. The smallest absolute Gasteiger partial charge is 0.189 e. The van der Waals surface area contributed by atoms with E-state index in [0.29, 0.717) is 17.9 Å². The van der Waals surface area contributed by atoms with Crippen molar-refractivity contribution in [2.75, 3.05) is 0 Å². The normalized spacial score (nSPS) is 21.0. The topological polar surface area (TPSA) is 51.2 Å². The van der Waals surface area contributed by atoms with Crippen LogP contribution >= 0.6 is 23.2 Å². The number of sulfone groups is 1. The highest BCUT2D eigenvalue weighted by Gasteiger charge is 2.36. The van der Waals surface area contributed by atoms with E-state index in [1.807, 2.05) is 0 Å². The van der Waals surface area contributed by atoms with Crippen LogP contribution in [0.2, 0.25) is 10.0 Å². The van der Waals surface area contributed by atoms with Gasteiger partial charge in [0.25, 0.3) is 0 Å². The fourth-order valence-electron chi connectivity index (χ4n) is 2.13. The number of benzene rings is 1. The molecule has 98 valence electrons. The van der Waals surface area contributed by atoms with Gasteiger partial charge in [0.1, 0.15) is 5.25 Å². The zero-order chi connectivity index (χ0) is 13.3. The van der Waals surface area contributed by atoms with Crippen molar-refractivity contribution in [2.24, 2.45) is 0 Å². The number of carbonyl (C=O) groups excluding carboxylic acids is 1. The Kier molecular flexibility index (Phi) is 3.99. The SMILES string of the molecule is O=C1CCCCC1S(=O)(=O)c1cc(Cl)ccc1Cl. The van der Waals surface area contributed by atoms with Crippen LogP contribution in [0.25, 0.3) is 0 Å². The molecular formula is C12H12Cl2O3S. The third kappa shape index (κ3) is 2.56. The Labute approximate surface area is 116 Å². The van der Waals surface area contributed by atoms with E-state index in [2.05, 4.69) is 0 Å². The highest BCUT2D eigenvalue weighted by molar-refractivity contribution is 7.93. The van der Waals surface area contributed by atoms with E-state index < -0.39 is 15.1 Å². The quantitative estimate of drug-likeness (QED) is 0.842. The Morgan fingerprint density at radius 1 is 1.17 bits per heavy atom. The Hall–Kier alpha value is -0.580. The first-order valence-electron chi connectivity index (χ1n) is 5.64. The molecule has 1 aromatic rings. The van der Waals surface area contributed by atoms with E-state index in [0.717, 1.165) is 12.8 Å². The van der Waals surface area contributed by atoms with Gasteiger partial charge in [-0.2, -0.15) is 0 Å². The fraction of sp³-hybridized carbons (Fsp3) is 0.417. The lowest BCUT2D eigenvalue weighted by Crippen LogP contribution is -2.33. The molecule has 0 saturated heterocycles. The molecule has 0 aliphatic heterocycles. The van der Waals surface area contributed by atoms with E-state index >= 15 is 0 Å². The molecule has 18 heavy (non-hydrogen) atoms. The average Bonchev–Trinajstić information content (AvgIpc) is 2.32. The standard InChI is InChI=1S/C12H12Cl2O3S/c13-8-5-6-9(14)12(7-8)18(16,17)11-4-2-1-3-10(11)15/h5-7,11H,1-4H2. The summed E-state index contributed by atoms with van der Waals surface area (Å²) in [6, 6.07) is 4.26. The van der Waals surface area contributed by atoms with Crippen LogP contribution in [0.15, 0.2) is 23.1 Å². The molecule has 6 heteroatoms. The average molecular weight is 307 g/mol. The van der Waals surface area contributed by atoms with Gasteiger partial charge in [-0.05, 0) is 31.0 Å². The number of carbonyl (C=O) groups is 1. The minimum absolute atomic E-state index is 0.0445. The second kappa shape index (κ2) is 5.19. The van der Waals surface area contributed by atoms with Crippen molar-refractivity contribution in [1.82, 2.24) is 0 Å². The van der Waals surface area contributed by atoms with Gasteiger partial charge in [-0.1, -0.05) is 29.6 Å². The molecule has 1 fully saturated rings. The third-order valence-electron chi connectivity index (χ3n) is 3.07. The van der Waals surface area contributed by atoms with Crippen molar-refractivity contribution in [2.45, 2.75) is 35.8 Å². The monoisotopic (exact) mass is 306 g/mol. The lowest BCUT2D eigenvalue weighted by molar-refractivity contribution is -0.119. The second-order valence-corrected chi connectivity index (χ2v) is 7.26. The van der Waals surface area contributed by atoms with Gasteiger partial charge in [-0.25, -0.2) is 8.42 Å². The minimum Gasteiger partial charge on any atom is -0.298 e. The number of hydrogen-bond donors (Lipinski definition) is 0. The van der Waals surface area contributed by atoms with Gasteiger partial charge >= 0.3 is 0 Å². The van der Waals surface area contributed by atoms with Crippen LogP contribution < -0.4 is 0 Å². The summed E-state index contributed by atoms with van der Waals surface area (Å²) in [5.41, 5.74) is 0. The molecule has 0 bridgehead atoms. The summed E-state index contributed by atoms with van der Waals surface area (Å²) in [6.07, 6.45) is 2.19. The molecule has 0 radical (unpaired) electrons. The predicted octanol–water partition coefficient (Wildman–Crippen LogP) is 3.28. The molecular weight excluding hydrogens is 295 g/mol. The highest BCUT2D eigenvalue weighted by Crippen LogP contribution is 2.32. The van der Waals surface area contributed by atoms with Crippen LogP contribution in [0, 0.1) is 0 Å². The predicted molar refractivity (Wildman–Crippen MR) is 70.9 cm³/mol. The van der Waals surface area contributed by atoms with Gasteiger partial charge in [0, 0.05) is 11.4 Å². The molecule has 1 unspecified atom stereocenters. The molecule has 3 nitrogen and oxygen atoms in total. The van der Waals surface area contributed by atoms with E-state index in [1.54, 1.807) is 0 Å². The largest absolute Gasteiger partial charge is 0.298 e. The van der Waals surface area contributed by atoms with Crippen molar-refractivity contribution in [3.63, 3.8) is 0 Å². The first kappa shape index (κ1) is 13.8. The summed E-state index contributed by atoms with van der Waals surface area (Å²) in [5.74, 6) is -0.225. The number of Topliss-reactive ketones (excluding diaryl/α,β-unsaturated/α-hetero) is 1. The Bertz CT molecular complexity index is 581. The van der Waals surface area contributed by atoms with Crippen LogP contribution in [-0.4, -0.2) is 19.5 Å². The first-order chi connectivity index (χ1) is 8.43.